The average molecular weight is 311 g/mol. The van der Waals surface area contributed by atoms with Crippen molar-refractivity contribution >= 4 is 15.7 Å². The van der Waals surface area contributed by atoms with Crippen LogP contribution in [0.25, 0.3) is 0 Å². The van der Waals surface area contributed by atoms with Gasteiger partial charge in [0.15, 0.2) is 0 Å². The number of aromatic nitrogens is 1. The number of furan rings is 1. The first-order chi connectivity index (χ1) is 9.90. The first kappa shape index (κ1) is 15.3. The highest BCUT2D eigenvalue weighted by atomic mass is 32.2. The number of hydrogen-bond acceptors (Lipinski definition) is 5. The normalized spacial score (nSPS) is 11.5. The van der Waals surface area contributed by atoms with E-state index in [0.29, 0.717) is 18.8 Å². The van der Waals surface area contributed by atoms with E-state index in [-0.39, 0.29) is 10.7 Å². The molecule has 0 spiro atoms. The number of hydrogen-bond donors (Lipinski definition) is 2. The van der Waals surface area contributed by atoms with Crippen molar-refractivity contribution in [1.29, 1.82) is 0 Å². The van der Waals surface area contributed by atoms with E-state index >= 15 is 0 Å². The van der Waals surface area contributed by atoms with Crippen LogP contribution in [0.4, 0.5) is 5.69 Å². The molecule has 0 aromatic carbocycles. The SMILES string of the molecule is CCCn1cc(NCc2ccc(S(N)(=O)=O)o2)ccc1=O. The van der Waals surface area contributed by atoms with Gasteiger partial charge in [0.1, 0.15) is 5.76 Å². The number of nitrogens with zero attached hydrogens (tertiary/aromatic N) is 1. The maximum absolute atomic E-state index is 11.6. The number of nitrogens with two attached hydrogens (primary N) is 1. The standard InChI is InChI=1S/C13H17N3O4S/c1-2-7-16-9-10(3-5-12(16)17)15-8-11-4-6-13(20-11)21(14,18)19/h3-6,9,15H,2,7-8H2,1H3,(H2,14,18,19). The van der Waals surface area contributed by atoms with Crippen molar-refractivity contribution in [3.8, 4) is 0 Å². The molecule has 7 nitrogen and oxygen atoms in total. The second-order valence-corrected chi connectivity index (χ2v) is 6.06. The highest BCUT2D eigenvalue weighted by molar-refractivity contribution is 7.89. The number of nitrogens with one attached hydrogen (secondary N) is 1. The smallest absolute Gasteiger partial charge is 0.271 e. The van der Waals surface area contributed by atoms with Gasteiger partial charge in [-0.2, -0.15) is 0 Å². The van der Waals surface area contributed by atoms with E-state index in [1.165, 1.54) is 18.2 Å². The monoisotopic (exact) mass is 311 g/mol. The van der Waals surface area contributed by atoms with E-state index in [0.717, 1.165) is 12.1 Å². The second-order valence-electron chi connectivity index (χ2n) is 4.57. The molecule has 0 unspecified atom stereocenters. The van der Waals surface area contributed by atoms with Gasteiger partial charge in [0.2, 0.25) is 5.09 Å². The molecule has 0 radical (unpaired) electrons. The number of pyridine rings is 1. The van der Waals surface area contributed by atoms with Crippen LogP contribution in [0.3, 0.4) is 0 Å². The van der Waals surface area contributed by atoms with E-state index in [2.05, 4.69) is 5.32 Å². The summed E-state index contributed by atoms with van der Waals surface area (Å²) in [5, 5.41) is 7.76. The third-order valence-corrected chi connectivity index (χ3v) is 3.61. The van der Waals surface area contributed by atoms with Crippen LogP contribution in [0.5, 0.6) is 0 Å². The molecule has 0 amide bonds. The van der Waals surface area contributed by atoms with Crippen LogP contribution in [0, 0.1) is 0 Å². The summed E-state index contributed by atoms with van der Waals surface area (Å²) in [6.07, 6.45) is 2.58. The van der Waals surface area contributed by atoms with Crippen LogP contribution >= 0.6 is 0 Å². The van der Waals surface area contributed by atoms with E-state index in [1.54, 1.807) is 16.8 Å². The molecular weight excluding hydrogens is 294 g/mol. The van der Waals surface area contributed by atoms with Gasteiger partial charge in [-0.15, -0.1) is 0 Å². The summed E-state index contributed by atoms with van der Waals surface area (Å²) in [7, 11) is -3.82. The average Bonchev–Trinajstić information content (AvgIpc) is 2.89. The topological polar surface area (TPSA) is 107 Å². The number of aryl methyl sites for hydroxylation is 1. The van der Waals surface area contributed by atoms with Gasteiger partial charge in [0.05, 0.1) is 12.2 Å². The lowest BCUT2D eigenvalue weighted by molar-refractivity contribution is 0.419. The molecule has 0 saturated carbocycles. The molecule has 21 heavy (non-hydrogen) atoms. The summed E-state index contributed by atoms with van der Waals surface area (Å²) < 4.78 is 28.9. The first-order valence-corrected chi connectivity index (χ1v) is 8.00. The quantitative estimate of drug-likeness (QED) is 0.831. The van der Waals surface area contributed by atoms with Crippen molar-refractivity contribution < 1.29 is 12.8 Å². The molecule has 2 aromatic rings. The Hall–Kier alpha value is -2.06. The van der Waals surface area contributed by atoms with Gasteiger partial charge in [-0.25, -0.2) is 13.6 Å². The van der Waals surface area contributed by atoms with Crippen molar-refractivity contribution in [3.63, 3.8) is 0 Å². The molecule has 2 aromatic heterocycles. The zero-order valence-electron chi connectivity index (χ0n) is 11.6. The minimum absolute atomic E-state index is 0.0584. The summed E-state index contributed by atoms with van der Waals surface area (Å²) in [6, 6.07) is 5.99. The maximum Gasteiger partial charge on any atom is 0.271 e. The van der Waals surface area contributed by atoms with Crippen molar-refractivity contribution in [1.82, 2.24) is 4.57 Å². The number of primary sulfonamides is 1. The molecule has 0 fully saturated rings. The Kier molecular flexibility index (Phi) is 4.49. The predicted molar refractivity (Wildman–Crippen MR) is 78.4 cm³/mol. The van der Waals surface area contributed by atoms with Gasteiger partial charge >= 0.3 is 0 Å². The lowest BCUT2D eigenvalue weighted by atomic mass is 10.3. The molecule has 0 bridgehead atoms. The van der Waals surface area contributed by atoms with Crippen LogP contribution in [-0.2, 0) is 23.1 Å². The Bertz CT molecular complexity index is 777. The summed E-state index contributed by atoms with van der Waals surface area (Å²) in [6.45, 7) is 2.93. The van der Waals surface area contributed by atoms with Crippen LogP contribution in [0.15, 0.2) is 44.8 Å². The first-order valence-electron chi connectivity index (χ1n) is 6.46. The summed E-state index contributed by atoms with van der Waals surface area (Å²) >= 11 is 0. The number of anilines is 1. The fraction of sp³-hybridized carbons (Fsp3) is 0.308. The highest BCUT2D eigenvalue weighted by Crippen LogP contribution is 2.14. The Balaban J connectivity index is 2.08. The predicted octanol–water partition coefficient (Wildman–Crippen LogP) is 1.11. The fourth-order valence-corrected chi connectivity index (χ4v) is 2.33. The van der Waals surface area contributed by atoms with Gasteiger partial charge in [-0.3, -0.25) is 4.79 Å². The van der Waals surface area contributed by atoms with Crippen LogP contribution in [0.2, 0.25) is 0 Å². The fourth-order valence-electron chi connectivity index (χ4n) is 1.85. The largest absolute Gasteiger partial charge is 0.446 e. The molecule has 2 rings (SSSR count). The Labute approximate surface area is 122 Å². The second kappa shape index (κ2) is 6.15. The third kappa shape index (κ3) is 3.96. The minimum atomic E-state index is -3.82. The zero-order valence-corrected chi connectivity index (χ0v) is 12.4. The van der Waals surface area contributed by atoms with E-state index in [9.17, 15) is 13.2 Å². The van der Waals surface area contributed by atoms with E-state index in [1.807, 2.05) is 6.92 Å². The Morgan fingerprint density at radius 1 is 1.29 bits per heavy atom. The van der Waals surface area contributed by atoms with Crippen molar-refractivity contribution in [3.05, 3.63) is 46.6 Å². The molecule has 0 saturated heterocycles. The van der Waals surface area contributed by atoms with Gasteiger partial charge < -0.3 is 14.3 Å². The molecule has 3 N–H and O–H groups in total. The van der Waals surface area contributed by atoms with Crippen LogP contribution < -0.4 is 16.0 Å². The number of sulfonamides is 1. The molecule has 114 valence electrons. The van der Waals surface area contributed by atoms with E-state index in [4.69, 9.17) is 9.56 Å². The Morgan fingerprint density at radius 2 is 2.05 bits per heavy atom. The van der Waals surface area contributed by atoms with Crippen molar-refractivity contribution in [2.45, 2.75) is 31.5 Å². The summed E-state index contributed by atoms with van der Waals surface area (Å²) in [5.74, 6) is 0.437. The van der Waals surface area contributed by atoms with Gasteiger partial charge in [-0.1, -0.05) is 6.92 Å². The molecule has 0 atom stereocenters. The van der Waals surface area contributed by atoms with Gasteiger partial charge in [0.25, 0.3) is 15.6 Å². The summed E-state index contributed by atoms with van der Waals surface area (Å²) in [5.41, 5.74) is 0.688. The molecule has 0 aliphatic rings. The summed E-state index contributed by atoms with van der Waals surface area (Å²) in [4.78, 5) is 11.6. The molecule has 8 heteroatoms. The molecule has 0 aliphatic carbocycles. The molecular formula is C13H17N3O4S. The highest BCUT2D eigenvalue weighted by Gasteiger charge is 2.12. The molecule has 0 aliphatic heterocycles. The number of rotatable bonds is 6. The lowest BCUT2D eigenvalue weighted by Crippen LogP contribution is -2.18. The lowest BCUT2D eigenvalue weighted by Gasteiger charge is -2.08. The van der Waals surface area contributed by atoms with Crippen molar-refractivity contribution in [2.75, 3.05) is 5.32 Å². The van der Waals surface area contributed by atoms with Crippen LogP contribution in [-0.4, -0.2) is 13.0 Å². The van der Waals surface area contributed by atoms with Gasteiger partial charge in [0, 0.05) is 18.8 Å². The maximum atomic E-state index is 11.6. The minimum Gasteiger partial charge on any atom is -0.446 e. The third-order valence-electron chi connectivity index (χ3n) is 2.83. The zero-order chi connectivity index (χ0) is 15.5. The van der Waals surface area contributed by atoms with Crippen LogP contribution in [0.1, 0.15) is 19.1 Å². The van der Waals surface area contributed by atoms with Crippen molar-refractivity contribution in [2.24, 2.45) is 5.14 Å². The molecule has 2 heterocycles. The Morgan fingerprint density at radius 3 is 2.67 bits per heavy atom. The van der Waals surface area contributed by atoms with E-state index < -0.39 is 10.0 Å². The van der Waals surface area contributed by atoms with Gasteiger partial charge in [-0.05, 0) is 24.6 Å².